The Hall–Kier alpha value is -2.63. The van der Waals surface area contributed by atoms with Crippen LogP contribution in [0, 0.1) is 6.92 Å². The summed E-state index contributed by atoms with van der Waals surface area (Å²) in [6.07, 6.45) is 9.34. The molecule has 1 aromatic heterocycles. The molecule has 4 rings (SSSR count). The molecular weight excluding hydrogens is 348 g/mol. The van der Waals surface area contributed by atoms with Crippen LogP contribution in [0.4, 0.5) is 17.6 Å². The Balaban J connectivity index is 1.54. The molecule has 3 heterocycles. The van der Waals surface area contributed by atoms with Gasteiger partial charge in [0.15, 0.2) is 5.82 Å². The van der Waals surface area contributed by atoms with Crippen LogP contribution in [0.25, 0.3) is 0 Å². The van der Waals surface area contributed by atoms with E-state index in [1.165, 1.54) is 44.1 Å². The minimum Gasteiger partial charge on any atom is -0.356 e. The number of hydrazone groups is 1. The van der Waals surface area contributed by atoms with Gasteiger partial charge in [0.05, 0.1) is 6.21 Å². The van der Waals surface area contributed by atoms with Gasteiger partial charge in [0.25, 0.3) is 0 Å². The molecule has 1 aromatic carbocycles. The predicted octanol–water partition coefficient (Wildman–Crippen LogP) is 4.21. The molecule has 0 radical (unpaired) electrons. The van der Waals surface area contributed by atoms with Gasteiger partial charge in [-0.15, -0.1) is 0 Å². The van der Waals surface area contributed by atoms with E-state index in [9.17, 15) is 0 Å². The van der Waals surface area contributed by atoms with Gasteiger partial charge in [0.2, 0.25) is 5.95 Å². The standard InChI is InChI=1S/C22H30N6/c1-18-8-10-19(11-9-18)17-23-26-20-16-21(27-12-4-2-5-13-27)25-22(24-20)28-14-6-3-7-15-28/h8-11,16-17H,2-7,12-15H2,1H3,(H,24,25,26)/b23-17+. The zero-order valence-corrected chi connectivity index (χ0v) is 16.8. The van der Waals surface area contributed by atoms with Crippen molar-refractivity contribution in [1.29, 1.82) is 0 Å². The monoisotopic (exact) mass is 378 g/mol. The lowest BCUT2D eigenvalue weighted by atomic mass is 10.1. The fourth-order valence-corrected chi connectivity index (χ4v) is 3.83. The van der Waals surface area contributed by atoms with Gasteiger partial charge in [-0.1, -0.05) is 29.8 Å². The fraction of sp³-hybridized carbons (Fsp3) is 0.500. The predicted molar refractivity (Wildman–Crippen MR) is 117 cm³/mol. The van der Waals surface area contributed by atoms with Gasteiger partial charge in [-0.2, -0.15) is 15.1 Å². The Morgan fingerprint density at radius 3 is 2.18 bits per heavy atom. The number of benzene rings is 1. The lowest BCUT2D eigenvalue weighted by Gasteiger charge is -2.31. The average Bonchev–Trinajstić information content (AvgIpc) is 2.76. The third-order valence-electron chi connectivity index (χ3n) is 5.49. The second-order valence-corrected chi connectivity index (χ2v) is 7.79. The maximum absolute atomic E-state index is 4.91. The van der Waals surface area contributed by atoms with Gasteiger partial charge in [-0.3, -0.25) is 5.43 Å². The molecule has 0 spiro atoms. The van der Waals surface area contributed by atoms with Crippen LogP contribution >= 0.6 is 0 Å². The minimum absolute atomic E-state index is 0.763. The van der Waals surface area contributed by atoms with Crippen LogP contribution in [-0.4, -0.2) is 42.4 Å². The first-order valence-corrected chi connectivity index (χ1v) is 10.5. The lowest BCUT2D eigenvalue weighted by Crippen LogP contribution is -2.33. The first kappa shape index (κ1) is 18.7. The molecule has 28 heavy (non-hydrogen) atoms. The summed E-state index contributed by atoms with van der Waals surface area (Å²) < 4.78 is 0. The van der Waals surface area contributed by atoms with E-state index in [0.29, 0.717) is 0 Å². The van der Waals surface area contributed by atoms with Crippen LogP contribution < -0.4 is 15.2 Å². The van der Waals surface area contributed by atoms with Crippen molar-refractivity contribution in [2.45, 2.75) is 45.4 Å². The van der Waals surface area contributed by atoms with Crippen LogP contribution in [0.1, 0.15) is 49.7 Å². The number of piperidine rings is 2. The maximum atomic E-state index is 4.91. The van der Waals surface area contributed by atoms with Gasteiger partial charge in [-0.25, -0.2) is 0 Å². The van der Waals surface area contributed by atoms with Crippen LogP contribution in [0.3, 0.4) is 0 Å². The third kappa shape index (κ3) is 4.80. The molecule has 2 aliphatic heterocycles. The van der Waals surface area contributed by atoms with Crippen LogP contribution in [0.15, 0.2) is 35.4 Å². The molecule has 0 saturated carbocycles. The first-order chi connectivity index (χ1) is 13.8. The molecule has 6 nitrogen and oxygen atoms in total. The normalized spacial score (nSPS) is 17.9. The largest absolute Gasteiger partial charge is 0.356 e. The van der Waals surface area contributed by atoms with Crippen molar-refractivity contribution >= 4 is 23.8 Å². The highest BCUT2D eigenvalue weighted by Crippen LogP contribution is 2.25. The van der Waals surface area contributed by atoms with Crippen molar-refractivity contribution in [1.82, 2.24) is 9.97 Å². The Morgan fingerprint density at radius 2 is 1.50 bits per heavy atom. The summed E-state index contributed by atoms with van der Waals surface area (Å²) in [6.45, 7) is 6.31. The fourth-order valence-electron chi connectivity index (χ4n) is 3.83. The number of nitrogens with one attached hydrogen (secondary N) is 1. The minimum atomic E-state index is 0.763. The van der Waals surface area contributed by atoms with Gasteiger partial charge in [0.1, 0.15) is 5.82 Å². The van der Waals surface area contributed by atoms with Crippen molar-refractivity contribution in [3.8, 4) is 0 Å². The highest BCUT2D eigenvalue weighted by molar-refractivity contribution is 5.80. The summed E-state index contributed by atoms with van der Waals surface area (Å²) in [5.74, 6) is 2.61. The van der Waals surface area contributed by atoms with E-state index >= 15 is 0 Å². The summed E-state index contributed by atoms with van der Waals surface area (Å²) in [6, 6.07) is 10.4. The molecule has 6 heteroatoms. The highest BCUT2D eigenvalue weighted by atomic mass is 15.4. The molecule has 148 valence electrons. The first-order valence-electron chi connectivity index (χ1n) is 10.5. The molecule has 0 atom stereocenters. The average molecular weight is 379 g/mol. The molecule has 0 unspecified atom stereocenters. The van der Waals surface area contributed by atoms with Crippen LogP contribution in [-0.2, 0) is 0 Å². The molecule has 2 aliphatic rings. The van der Waals surface area contributed by atoms with E-state index in [1.807, 2.05) is 12.3 Å². The van der Waals surface area contributed by atoms with Crippen molar-refractivity contribution < 1.29 is 0 Å². The van der Waals surface area contributed by atoms with E-state index in [2.05, 4.69) is 51.5 Å². The summed E-state index contributed by atoms with van der Waals surface area (Å²) in [4.78, 5) is 14.4. The quantitative estimate of drug-likeness (QED) is 0.624. The Bertz CT molecular complexity index is 753. The van der Waals surface area contributed by atoms with Crippen LogP contribution in [0.5, 0.6) is 0 Å². The molecule has 2 saturated heterocycles. The topological polar surface area (TPSA) is 56.7 Å². The molecule has 0 bridgehead atoms. The number of hydrogen-bond donors (Lipinski definition) is 1. The Morgan fingerprint density at radius 1 is 0.857 bits per heavy atom. The van der Waals surface area contributed by atoms with E-state index in [0.717, 1.165) is 49.3 Å². The molecule has 0 aliphatic carbocycles. The number of aromatic nitrogens is 2. The number of rotatable bonds is 5. The zero-order chi connectivity index (χ0) is 19.2. The second-order valence-electron chi connectivity index (χ2n) is 7.79. The van der Waals surface area contributed by atoms with Gasteiger partial charge < -0.3 is 9.80 Å². The highest BCUT2D eigenvalue weighted by Gasteiger charge is 2.19. The summed E-state index contributed by atoms with van der Waals surface area (Å²) in [5, 5.41) is 4.41. The van der Waals surface area contributed by atoms with E-state index in [-0.39, 0.29) is 0 Å². The van der Waals surface area contributed by atoms with E-state index in [4.69, 9.17) is 9.97 Å². The van der Waals surface area contributed by atoms with Gasteiger partial charge >= 0.3 is 0 Å². The summed E-state index contributed by atoms with van der Waals surface area (Å²) in [5.41, 5.74) is 5.45. The number of nitrogens with zero attached hydrogens (tertiary/aromatic N) is 5. The smallest absolute Gasteiger partial charge is 0.229 e. The Labute approximate surface area is 167 Å². The van der Waals surface area contributed by atoms with Crippen molar-refractivity contribution in [2.75, 3.05) is 41.4 Å². The SMILES string of the molecule is Cc1ccc(/C=N/Nc2cc(N3CCCCC3)nc(N3CCCCC3)n2)cc1. The van der Waals surface area contributed by atoms with Crippen molar-refractivity contribution in [3.63, 3.8) is 0 Å². The number of anilines is 3. The molecule has 2 fully saturated rings. The van der Waals surface area contributed by atoms with Crippen LogP contribution in [0.2, 0.25) is 0 Å². The molecule has 2 aromatic rings. The van der Waals surface area contributed by atoms with Crippen molar-refractivity contribution in [3.05, 3.63) is 41.5 Å². The summed E-state index contributed by atoms with van der Waals surface area (Å²) in [7, 11) is 0. The molecule has 1 N–H and O–H groups in total. The maximum Gasteiger partial charge on any atom is 0.229 e. The lowest BCUT2D eigenvalue weighted by molar-refractivity contribution is 0.561. The van der Waals surface area contributed by atoms with E-state index in [1.54, 1.807) is 0 Å². The summed E-state index contributed by atoms with van der Waals surface area (Å²) >= 11 is 0. The second kappa shape index (κ2) is 9.04. The van der Waals surface area contributed by atoms with E-state index < -0.39 is 0 Å². The van der Waals surface area contributed by atoms with Gasteiger partial charge in [0, 0.05) is 32.2 Å². The zero-order valence-electron chi connectivity index (χ0n) is 16.8. The Kier molecular flexibility index (Phi) is 6.04. The van der Waals surface area contributed by atoms with Gasteiger partial charge in [-0.05, 0) is 51.0 Å². The number of hydrogen-bond acceptors (Lipinski definition) is 6. The molecule has 0 amide bonds. The third-order valence-corrected chi connectivity index (χ3v) is 5.49. The number of aryl methyl sites for hydroxylation is 1. The molecular formula is C22H30N6. The van der Waals surface area contributed by atoms with Crippen molar-refractivity contribution in [2.24, 2.45) is 5.10 Å².